The Hall–Kier alpha value is -3.02. The first kappa shape index (κ1) is 16.8. The highest BCUT2D eigenvalue weighted by molar-refractivity contribution is 5.78. The minimum Gasteiger partial charge on any atom is -0.338 e. The number of hydrogen-bond donors (Lipinski definition) is 0. The van der Waals surface area contributed by atoms with E-state index in [1.807, 2.05) is 39.9 Å². The minimum absolute atomic E-state index is 0.107. The summed E-state index contributed by atoms with van der Waals surface area (Å²) in [7, 11) is 0. The lowest BCUT2D eigenvalue weighted by atomic mass is 10.1. The molecule has 0 aromatic carbocycles. The number of carbonyl (C=O) groups is 1. The Morgan fingerprint density at radius 3 is 2.60 bits per heavy atom. The molecule has 0 atom stereocenters. The Morgan fingerprint density at radius 1 is 1.00 bits per heavy atom. The quantitative estimate of drug-likeness (QED) is 0.634. The zero-order chi connectivity index (χ0) is 17.3. The van der Waals surface area contributed by atoms with E-state index in [9.17, 15) is 4.79 Å². The summed E-state index contributed by atoms with van der Waals surface area (Å²) in [5.41, 5.74) is 2.01. The topological polar surface area (TPSA) is 63.9 Å². The lowest BCUT2D eigenvalue weighted by Crippen LogP contribution is -2.33. The summed E-state index contributed by atoms with van der Waals surface area (Å²) in [4.78, 5) is 26.8. The Bertz CT molecular complexity index is 759. The third-order valence-electron chi connectivity index (χ3n) is 3.96. The summed E-state index contributed by atoms with van der Waals surface area (Å²) in [6.45, 7) is 2.12. The number of pyridine rings is 2. The van der Waals surface area contributed by atoms with Crippen molar-refractivity contribution < 1.29 is 4.79 Å². The largest absolute Gasteiger partial charge is 0.338 e. The average molecular weight is 335 g/mol. The number of nitrogens with zero attached hydrogens (tertiary/aromatic N) is 5. The van der Waals surface area contributed by atoms with Gasteiger partial charge < -0.3 is 9.47 Å². The summed E-state index contributed by atoms with van der Waals surface area (Å²) >= 11 is 0. The van der Waals surface area contributed by atoms with Gasteiger partial charge in [-0.25, -0.2) is 4.98 Å². The van der Waals surface area contributed by atoms with Crippen molar-refractivity contribution in [2.45, 2.75) is 25.9 Å². The van der Waals surface area contributed by atoms with Crippen LogP contribution in [0.2, 0.25) is 0 Å². The van der Waals surface area contributed by atoms with E-state index in [2.05, 4.69) is 15.0 Å². The van der Waals surface area contributed by atoms with Crippen molar-refractivity contribution in [2.24, 2.45) is 0 Å². The van der Waals surface area contributed by atoms with Crippen molar-refractivity contribution in [2.75, 3.05) is 6.54 Å². The molecule has 6 heteroatoms. The third kappa shape index (κ3) is 5.24. The van der Waals surface area contributed by atoms with Crippen LogP contribution in [0.3, 0.4) is 0 Å². The summed E-state index contributed by atoms with van der Waals surface area (Å²) in [5.74, 6) is 0.107. The molecule has 0 N–H and O–H groups in total. The molecule has 0 saturated carbocycles. The molecule has 6 nitrogen and oxygen atoms in total. The Morgan fingerprint density at radius 2 is 1.88 bits per heavy atom. The first-order valence-corrected chi connectivity index (χ1v) is 8.32. The van der Waals surface area contributed by atoms with Crippen molar-refractivity contribution in [3.05, 3.63) is 78.9 Å². The zero-order valence-corrected chi connectivity index (χ0v) is 14.0. The van der Waals surface area contributed by atoms with Crippen molar-refractivity contribution in [3.8, 4) is 0 Å². The van der Waals surface area contributed by atoms with Gasteiger partial charge in [0.15, 0.2) is 0 Å². The maximum Gasteiger partial charge on any atom is 0.227 e. The van der Waals surface area contributed by atoms with Crippen LogP contribution in [-0.4, -0.2) is 36.9 Å². The van der Waals surface area contributed by atoms with Gasteiger partial charge in [0.1, 0.15) is 0 Å². The lowest BCUT2D eigenvalue weighted by Gasteiger charge is -2.23. The molecule has 0 aliphatic rings. The molecule has 3 aromatic rings. The van der Waals surface area contributed by atoms with Crippen molar-refractivity contribution in [1.82, 2.24) is 24.4 Å². The molecule has 0 fully saturated rings. The first-order valence-electron chi connectivity index (χ1n) is 8.32. The molecule has 1 amide bonds. The molecule has 0 radical (unpaired) electrons. The Balaban J connectivity index is 1.63. The van der Waals surface area contributed by atoms with Crippen molar-refractivity contribution >= 4 is 5.91 Å². The minimum atomic E-state index is 0.107. The summed E-state index contributed by atoms with van der Waals surface area (Å²) in [5, 5.41) is 0. The molecule has 25 heavy (non-hydrogen) atoms. The summed E-state index contributed by atoms with van der Waals surface area (Å²) < 4.78 is 2.02. The molecule has 0 spiro atoms. The SMILES string of the molecule is O=C(Cc1cccnc1)N(CCCn1ccnc1)Cc1ccncc1. The summed E-state index contributed by atoms with van der Waals surface area (Å²) in [6.07, 6.45) is 13.7. The van der Waals surface area contributed by atoms with Gasteiger partial charge in [-0.3, -0.25) is 14.8 Å². The molecule has 0 saturated heterocycles. The number of carbonyl (C=O) groups excluding carboxylic acids is 1. The monoisotopic (exact) mass is 335 g/mol. The smallest absolute Gasteiger partial charge is 0.227 e. The fourth-order valence-corrected chi connectivity index (χ4v) is 2.65. The number of amides is 1. The molecule has 0 aliphatic carbocycles. The fraction of sp³-hybridized carbons (Fsp3) is 0.263. The number of aromatic nitrogens is 4. The molecular formula is C19H21N5O. The molecule has 0 unspecified atom stereocenters. The first-order chi connectivity index (χ1) is 12.3. The molecule has 3 aromatic heterocycles. The van der Waals surface area contributed by atoms with Gasteiger partial charge >= 0.3 is 0 Å². The highest BCUT2D eigenvalue weighted by atomic mass is 16.2. The normalized spacial score (nSPS) is 10.6. The van der Waals surface area contributed by atoms with Crippen LogP contribution in [0.1, 0.15) is 17.5 Å². The van der Waals surface area contributed by atoms with Gasteiger partial charge in [0.25, 0.3) is 0 Å². The zero-order valence-electron chi connectivity index (χ0n) is 14.0. The van der Waals surface area contributed by atoms with Gasteiger partial charge in [-0.1, -0.05) is 6.07 Å². The predicted octanol–water partition coefficient (Wildman–Crippen LogP) is 2.33. The van der Waals surface area contributed by atoms with E-state index in [0.29, 0.717) is 19.5 Å². The van der Waals surface area contributed by atoms with Crippen LogP contribution in [-0.2, 0) is 24.3 Å². The number of aryl methyl sites for hydroxylation is 1. The van der Waals surface area contributed by atoms with Gasteiger partial charge in [-0.15, -0.1) is 0 Å². The van der Waals surface area contributed by atoms with Crippen LogP contribution < -0.4 is 0 Å². The second-order valence-electron chi connectivity index (χ2n) is 5.86. The van der Waals surface area contributed by atoms with Crippen LogP contribution in [0.4, 0.5) is 0 Å². The Labute approximate surface area is 147 Å². The summed E-state index contributed by atoms with van der Waals surface area (Å²) in [6, 6.07) is 7.68. The van der Waals surface area contributed by atoms with Crippen LogP contribution in [0.5, 0.6) is 0 Å². The van der Waals surface area contributed by atoms with Gasteiger partial charge in [0, 0.05) is 56.8 Å². The number of imidazole rings is 1. The molecule has 3 rings (SSSR count). The van der Waals surface area contributed by atoms with E-state index in [0.717, 1.165) is 24.1 Å². The van der Waals surface area contributed by atoms with Gasteiger partial charge in [-0.05, 0) is 35.7 Å². The second-order valence-corrected chi connectivity index (χ2v) is 5.86. The third-order valence-corrected chi connectivity index (χ3v) is 3.96. The molecule has 0 aliphatic heterocycles. The van der Waals surface area contributed by atoms with E-state index in [4.69, 9.17) is 0 Å². The molecule has 128 valence electrons. The van der Waals surface area contributed by atoms with Crippen LogP contribution >= 0.6 is 0 Å². The van der Waals surface area contributed by atoms with Gasteiger partial charge in [0.2, 0.25) is 5.91 Å². The molecule has 3 heterocycles. The molecule has 0 bridgehead atoms. The number of hydrogen-bond acceptors (Lipinski definition) is 4. The second kappa shape index (κ2) is 8.73. The maximum atomic E-state index is 12.8. The van der Waals surface area contributed by atoms with Gasteiger partial charge in [-0.2, -0.15) is 0 Å². The van der Waals surface area contributed by atoms with E-state index in [1.165, 1.54) is 0 Å². The lowest BCUT2D eigenvalue weighted by molar-refractivity contribution is -0.131. The van der Waals surface area contributed by atoms with E-state index in [1.54, 1.807) is 37.3 Å². The highest BCUT2D eigenvalue weighted by Crippen LogP contribution is 2.09. The van der Waals surface area contributed by atoms with Crippen LogP contribution in [0.15, 0.2) is 67.8 Å². The van der Waals surface area contributed by atoms with E-state index < -0.39 is 0 Å². The van der Waals surface area contributed by atoms with Crippen LogP contribution in [0.25, 0.3) is 0 Å². The average Bonchev–Trinajstić information content (AvgIpc) is 3.16. The van der Waals surface area contributed by atoms with E-state index >= 15 is 0 Å². The Kier molecular flexibility index (Phi) is 5.87. The van der Waals surface area contributed by atoms with E-state index in [-0.39, 0.29) is 5.91 Å². The maximum absolute atomic E-state index is 12.8. The molecular weight excluding hydrogens is 314 g/mol. The number of rotatable bonds is 8. The van der Waals surface area contributed by atoms with Crippen LogP contribution in [0, 0.1) is 0 Å². The fourth-order valence-electron chi connectivity index (χ4n) is 2.65. The van der Waals surface area contributed by atoms with Crippen molar-refractivity contribution in [3.63, 3.8) is 0 Å². The highest BCUT2D eigenvalue weighted by Gasteiger charge is 2.14. The predicted molar refractivity (Wildman–Crippen MR) is 94.4 cm³/mol. The standard InChI is InChI=1S/C19H21N5O/c25-19(13-18-3-1-6-21-14-18)24(15-17-4-7-20-8-5-17)11-2-10-23-12-9-22-16-23/h1,3-9,12,14,16H,2,10-11,13,15H2. The van der Waals surface area contributed by atoms with Crippen molar-refractivity contribution in [1.29, 1.82) is 0 Å². The van der Waals surface area contributed by atoms with Gasteiger partial charge in [0.05, 0.1) is 12.7 Å².